The van der Waals surface area contributed by atoms with E-state index in [0.29, 0.717) is 27.8 Å². The second-order valence-corrected chi connectivity index (χ2v) is 5.77. The first kappa shape index (κ1) is 14.4. The van der Waals surface area contributed by atoms with Gasteiger partial charge in [0.1, 0.15) is 0 Å². The molecule has 0 aromatic heterocycles. The van der Waals surface area contributed by atoms with Gasteiger partial charge >= 0.3 is 94.8 Å². The SMILES string of the molecule is NC(CC[Se]CCCCC(=O)O)C(=O)O. The topological polar surface area (TPSA) is 101 Å². The van der Waals surface area contributed by atoms with Gasteiger partial charge in [0.15, 0.2) is 0 Å². The van der Waals surface area contributed by atoms with Crippen molar-refractivity contribution in [2.75, 3.05) is 0 Å². The summed E-state index contributed by atoms with van der Waals surface area (Å²) in [5.41, 5.74) is 5.33. The molecule has 0 radical (unpaired) electrons. The van der Waals surface area contributed by atoms with Crippen LogP contribution >= 0.6 is 0 Å². The molecule has 1 atom stereocenters. The molecule has 15 heavy (non-hydrogen) atoms. The van der Waals surface area contributed by atoms with E-state index >= 15 is 0 Å². The number of hydrogen-bond acceptors (Lipinski definition) is 3. The predicted octanol–water partition coefficient (Wildman–Crippen LogP) is 0.584. The fourth-order valence-corrected chi connectivity index (χ4v) is 3.08. The molecule has 0 saturated heterocycles. The average Bonchev–Trinajstić information content (AvgIpc) is 2.15. The summed E-state index contributed by atoms with van der Waals surface area (Å²) in [4.78, 5) is 20.5. The van der Waals surface area contributed by atoms with Gasteiger partial charge in [-0.2, -0.15) is 0 Å². The van der Waals surface area contributed by atoms with Crippen LogP contribution in [-0.4, -0.2) is 43.2 Å². The van der Waals surface area contributed by atoms with Crippen LogP contribution in [0.4, 0.5) is 0 Å². The molecule has 0 heterocycles. The second kappa shape index (κ2) is 8.71. The minimum absolute atomic E-state index is 0.227. The molecule has 0 aliphatic heterocycles. The van der Waals surface area contributed by atoms with Crippen molar-refractivity contribution in [2.45, 2.75) is 42.4 Å². The molecular weight excluding hydrogens is 265 g/mol. The van der Waals surface area contributed by atoms with Crippen molar-refractivity contribution in [1.29, 1.82) is 0 Å². The summed E-state index contributed by atoms with van der Waals surface area (Å²) in [5, 5.41) is 18.7. The van der Waals surface area contributed by atoms with Crippen LogP contribution in [0.1, 0.15) is 25.7 Å². The van der Waals surface area contributed by atoms with Crippen molar-refractivity contribution in [2.24, 2.45) is 5.73 Å². The molecule has 0 fully saturated rings. The van der Waals surface area contributed by atoms with Gasteiger partial charge in [-0.05, 0) is 0 Å². The molecule has 5 nitrogen and oxygen atoms in total. The number of rotatable bonds is 9. The third kappa shape index (κ3) is 9.72. The van der Waals surface area contributed by atoms with Crippen molar-refractivity contribution < 1.29 is 19.8 Å². The molecule has 0 spiro atoms. The first-order chi connectivity index (χ1) is 7.04. The van der Waals surface area contributed by atoms with Gasteiger partial charge in [-0.1, -0.05) is 0 Å². The molecule has 0 aromatic rings. The maximum absolute atomic E-state index is 10.4. The van der Waals surface area contributed by atoms with Gasteiger partial charge < -0.3 is 0 Å². The van der Waals surface area contributed by atoms with Crippen LogP contribution < -0.4 is 5.73 Å². The van der Waals surface area contributed by atoms with Crippen LogP contribution in [0.3, 0.4) is 0 Å². The maximum atomic E-state index is 10.4. The summed E-state index contributed by atoms with van der Waals surface area (Å²) in [6.45, 7) is 0. The van der Waals surface area contributed by atoms with Gasteiger partial charge in [0.05, 0.1) is 0 Å². The Morgan fingerprint density at radius 3 is 2.40 bits per heavy atom. The second-order valence-electron chi connectivity index (χ2n) is 3.20. The van der Waals surface area contributed by atoms with Crippen LogP contribution in [0.25, 0.3) is 0 Å². The molecule has 4 N–H and O–H groups in total. The van der Waals surface area contributed by atoms with E-state index in [-0.39, 0.29) is 6.42 Å². The Morgan fingerprint density at radius 1 is 1.20 bits per heavy atom. The van der Waals surface area contributed by atoms with Crippen LogP contribution in [0.2, 0.25) is 10.6 Å². The van der Waals surface area contributed by atoms with Crippen molar-refractivity contribution >= 4 is 26.9 Å². The van der Waals surface area contributed by atoms with Gasteiger partial charge in [0.25, 0.3) is 0 Å². The van der Waals surface area contributed by atoms with Crippen molar-refractivity contribution in [3.05, 3.63) is 0 Å². The van der Waals surface area contributed by atoms with E-state index in [9.17, 15) is 9.59 Å². The Kier molecular flexibility index (Phi) is 8.37. The van der Waals surface area contributed by atoms with E-state index in [0.717, 1.165) is 17.1 Å². The third-order valence-electron chi connectivity index (χ3n) is 1.82. The molecule has 0 bridgehead atoms. The summed E-state index contributed by atoms with van der Waals surface area (Å²) in [6.07, 6.45) is 2.37. The van der Waals surface area contributed by atoms with Crippen LogP contribution in [0.15, 0.2) is 0 Å². The van der Waals surface area contributed by atoms with Gasteiger partial charge in [0.2, 0.25) is 0 Å². The summed E-state index contributed by atoms with van der Waals surface area (Å²) in [5.74, 6) is -1.70. The molecular formula is C9H17NO4Se. The molecule has 0 aromatic carbocycles. The summed E-state index contributed by atoms with van der Waals surface area (Å²) < 4.78 is 0. The quantitative estimate of drug-likeness (QED) is 0.424. The normalized spacial score (nSPS) is 12.3. The number of carbonyl (C=O) groups is 2. The number of nitrogens with two attached hydrogens (primary N) is 1. The van der Waals surface area contributed by atoms with Gasteiger partial charge in [-0.15, -0.1) is 0 Å². The first-order valence-corrected chi connectivity index (χ1v) is 7.24. The molecule has 0 aliphatic carbocycles. The van der Waals surface area contributed by atoms with E-state index in [2.05, 4.69) is 0 Å². The van der Waals surface area contributed by atoms with E-state index < -0.39 is 18.0 Å². The monoisotopic (exact) mass is 283 g/mol. The van der Waals surface area contributed by atoms with E-state index in [1.165, 1.54) is 0 Å². The van der Waals surface area contributed by atoms with Gasteiger partial charge in [0, 0.05) is 0 Å². The summed E-state index contributed by atoms with van der Waals surface area (Å²) in [7, 11) is 0. The number of carboxylic acids is 2. The van der Waals surface area contributed by atoms with E-state index in [1.807, 2.05) is 0 Å². The first-order valence-electron chi connectivity index (χ1n) is 4.82. The molecule has 1 unspecified atom stereocenters. The van der Waals surface area contributed by atoms with Gasteiger partial charge in [-0.3, -0.25) is 0 Å². The van der Waals surface area contributed by atoms with E-state index in [4.69, 9.17) is 15.9 Å². The zero-order chi connectivity index (χ0) is 11.7. The summed E-state index contributed by atoms with van der Waals surface area (Å²) in [6, 6.07) is -0.745. The van der Waals surface area contributed by atoms with Crippen LogP contribution in [0.5, 0.6) is 0 Å². The predicted molar refractivity (Wildman–Crippen MR) is 57.1 cm³/mol. The Bertz CT molecular complexity index is 210. The fourth-order valence-electron chi connectivity index (χ4n) is 0.916. The molecule has 0 rings (SSSR count). The van der Waals surface area contributed by atoms with Crippen LogP contribution in [-0.2, 0) is 9.59 Å². The van der Waals surface area contributed by atoms with Crippen molar-refractivity contribution in [1.82, 2.24) is 0 Å². The standard InChI is InChI=1S/C9H17NO4Se/c10-7(9(13)14)4-6-15-5-2-1-3-8(11)12/h7H,1-6,10H2,(H,11,12)(H,13,14). The molecule has 0 saturated carbocycles. The molecule has 88 valence electrons. The van der Waals surface area contributed by atoms with Crippen molar-refractivity contribution in [3.8, 4) is 0 Å². The minimum atomic E-state index is -0.948. The van der Waals surface area contributed by atoms with Crippen molar-refractivity contribution in [3.63, 3.8) is 0 Å². The molecule has 6 heteroatoms. The zero-order valence-electron chi connectivity index (χ0n) is 8.52. The number of hydrogen-bond donors (Lipinski definition) is 3. The Balaban J connectivity index is 3.18. The van der Waals surface area contributed by atoms with Gasteiger partial charge in [-0.25, -0.2) is 0 Å². The Hall–Kier alpha value is -0.581. The summed E-state index contributed by atoms with van der Waals surface area (Å²) >= 11 is 0.394. The molecule has 0 amide bonds. The fraction of sp³-hybridized carbons (Fsp3) is 0.778. The number of aliphatic carboxylic acids is 2. The average molecular weight is 282 g/mol. The zero-order valence-corrected chi connectivity index (χ0v) is 10.2. The van der Waals surface area contributed by atoms with E-state index in [1.54, 1.807) is 0 Å². The number of unbranched alkanes of at least 4 members (excludes halogenated alkanes) is 1. The number of carboxylic acid groups (broad SMARTS) is 2. The third-order valence-corrected chi connectivity index (χ3v) is 4.13. The molecule has 0 aliphatic rings. The Morgan fingerprint density at radius 2 is 1.87 bits per heavy atom. The Labute approximate surface area is 95.2 Å². The van der Waals surface area contributed by atoms with Crippen LogP contribution in [0, 0.1) is 0 Å².